The van der Waals surface area contributed by atoms with E-state index in [1.165, 1.54) is 22.7 Å². The van der Waals surface area contributed by atoms with Gasteiger partial charge in [-0.1, -0.05) is 0 Å². The van der Waals surface area contributed by atoms with Crippen LogP contribution in [0.25, 0.3) is 11.3 Å². The minimum Gasteiger partial charge on any atom is -0.497 e. The monoisotopic (exact) mass is 403 g/mol. The van der Waals surface area contributed by atoms with E-state index in [-0.39, 0.29) is 18.4 Å². The number of amides is 2. The van der Waals surface area contributed by atoms with E-state index < -0.39 is 0 Å². The second kappa shape index (κ2) is 8.65. The number of hydrogen-bond donors (Lipinski definition) is 2. The van der Waals surface area contributed by atoms with Crippen molar-refractivity contribution in [1.82, 2.24) is 10.3 Å². The largest absolute Gasteiger partial charge is 0.497 e. The van der Waals surface area contributed by atoms with Crippen molar-refractivity contribution in [2.24, 2.45) is 0 Å². The highest BCUT2D eigenvalue weighted by Crippen LogP contribution is 2.34. The Bertz CT molecular complexity index is 938. The van der Waals surface area contributed by atoms with E-state index in [0.29, 0.717) is 27.9 Å². The summed E-state index contributed by atoms with van der Waals surface area (Å²) in [6.45, 7) is -0.133. The van der Waals surface area contributed by atoms with Gasteiger partial charge in [0.15, 0.2) is 5.13 Å². The summed E-state index contributed by atoms with van der Waals surface area (Å²) < 4.78 is 10.6. The number of nitrogens with zero attached hydrogens (tertiary/aromatic N) is 1. The van der Waals surface area contributed by atoms with Gasteiger partial charge in [0.05, 0.1) is 26.5 Å². The Morgan fingerprint density at radius 3 is 2.70 bits per heavy atom. The first-order chi connectivity index (χ1) is 13.1. The van der Waals surface area contributed by atoms with E-state index in [4.69, 9.17) is 9.47 Å². The fraction of sp³-hybridized carbons (Fsp3) is 0.167. The number of carbonyl (C=O) groups is 2. The standard InChI is InChI=1S/C18H17N3O4S2/c1-24-12-3-4-15(25-2)13(7-12)14-10-27-18(20-14)21-16(22)8-19-17(23)11-5-6-26-9-11/h3-7,9-10H,8H2,1-2H3,(H,19,23)(H,20,21,22). The van der Waals surface area contributed by atoms with Crippen molar-refractivity contribution in [2.75, 3.05) is 26.1 Å². The van der Waals surface area contributed by atoms with Crippen LogP contribution in [0.1, 0.15) is 10.4 Å². The van der Waals surface area contributed by atoms with Crippen molar-refractivity contribution in [3.63, 3.8) is 0 Å². The number of rotatable bonds is 7. The second-order valence-electron chi connectivity index (χ2n) is 5.35. The van der Waals surface area contributed by atoms with Crippen LogP contribution in [0.5, 0.6) is 11.5 Å². The zero-order valence-electron chi connectivity index (χ0n) is 14.6. The molecule has 0 saturated carbocycles. The number of carbonyl (C=O) groups excluding carboxylic acids is 2. The van der Waals surface area contributed by atoms with Gasteiger partial charge in [-0.15, -0.1) is 11.3 Å². The smallest absolute Gasteiger partial charge is 0.252 e. The lowest BCUT2D eigenvalue weighted by molar-refractivity contribution is -0.115. The first kappa shape index (κ1) is 18.9. The number of methoxy groups -OCH3 is 2. The Kier molecular flexibility index (Phi) is 6.05. The summed E-state index contributed by atoms with van der Waals surface area (Å²) in [5.41, 5.74) is 1.96. The average molecular weight is 403 g/mol. The van der Waals surface area contributed by atoms with Crippen LogP contribution in [0.15, 0.2) is 40.4 Å². The van der Waals surface area contributed by atoms with Gasteiger partial charge in [-0.3, -0.25) is 9.59 Å². The number of ether oxygens (including phenoxy) is 2. The predicted octanol–water partition coefficient (Wildman–Crippen LogP) is 3.26. The summed E-state index contributed by atoms with van der Waals surface area (Å²) in [7, 11) is 3.17. The molecular weight excluding hydrogens is 386 g/mol. The van der Waals surface area contributed by atoms with Crippen molar-refractivity contribution in [3.8, 4) is 22.8 Å². The molecule has 0 radical (unpaired) electrons. The van der Waals surface area contributed by atoms with Crippen LogP contribution in [0.3, 0.4) is 0 Å². The maximum Gasteiger partial charge on any atom is 0.252 e. The lowest BCUT2D eigenvalue weighted by Crippen LogP contribution is -2.32. The Morgan fingerprint density at radius 2 is 2.00 bits per heavy atom. The highest BCUT2D eigenvalue weighted by Gasteiger charge is 2.14. The van der Waals surface area contributed by atoms with E-state index in [1.54, 1.807) is 43.2 Å². The molecule has 1 aromatic carbocycles. The summed E-state index contributed by atoms with van der Waals surface area (Å²) >= 11 is 2.71. The number of thiophene rings is 1. The van der Waals surface area contributed by atoms with Crippen molar-refractivity contribution >= 4 is 39.6 Å². The first-order valence-corrected chi connectivity index (χ1v) is 9.71. The summed E-state index contributed by atoms with van der Waals surface area (Å²) in [6, 6.07) is 7.12. The molecule has 0 bridgehead atoms. The molecule has 2 amide bonds. The third kappa shape index (κ3) is 4.63. The van der Waals surface area contributed by atoms with Gasteiger partial charge >= 0.3 is 0 Å². The molecule has 0 spiro atoms. The first-order valence-electron chi connectivity index (χ1n) is 7.89. The van der Waals surface area contributed by atoms with Crippen LogP contribution in [0.4, 0.5) is 5.13 Å². The molecule has 3 rings (SSSR count). The second-order valence-corrected chi connectivity index (χ2v) is 6.99. The van der Waals surface area contributed by atoms with Crippen LogP contribution < -0.4 is 20.1 Å². The number of aromatic nitrogens is 1. The predicted molar refractivity (Wildman–Crippen MR) is 106 cm³/mol. The molecule has 7 nitrogen and oxygen atoms in total. The van der Waals surface area contributed by atoms with Crippen molar-refractivity contribution in [1.29, 1.82) is 0 Å². The molecule has 27 heavy (non-hydrogen) atoms. The fourth-order valence-electron chi connectivity index (χ4n) is 2.29. The molecule has 140 valence electrons. The van der Waals surface area contributed by atoms with Crippen molar-refractivity contribution < 1.29 is 19.1 Å². The van der Waals surface area contributed by atoms with Gasteiger partial charge in [-0.25, -0.2) is 4.98 Å². The van der Waals surface area contributed by atoms with Gasteiger partial charge in [0.2, 0.25) is 5.91 Å². The number of nitrogens with one attached hydrogen (secondary N) is 2. The molecule has 0 unspecified atom stereocenters. The molecule has 2 aromatic heterocycles. The molecule has 2 heterocycles. The highest BCUT2D eigenvalue weighted by atomic mass is 32.1. The van der Waals surface area contributed by atoms with Gasteiger partial charge in [-0.05, 0) is 29.6 Å². The van der Waals surface area contributed by atoms with Gasteiger partial charge in [0.25, 0.3) is 5.91 Å². The van der Waals surface area contributed by atoms with Crippen LogP contribution >= 0.6 is 22.7 Å². The number of thiazole rings is 1. The molecule has 0 aliphatic carbocycles. The third-order valence-corrected chi connectivity index (χ3v) is 5.07. The molecule has 0 saturated heterocycles. The lowest BCUT2D eigenvalue weighted by atomic mass is 10.1. The maximum atomic E-state index is 12.1. The Balaban J connectivity index is 1.64. The highest BCUT2D eigenvalue weighted by molar-refractivity contribution is 7.14. The Hall–Kier alpha value is -2.91. The molecule has 9 heteroatoms. The van der Waals surface area contributed by atoms with E-state index in [1.807, 2.05) is 11.4 Å². The maximum absolute atomic E-state index is 12.1. The summed E-state index contributed by atoms with van der Waals surface area (Å²) in [6.07, 6.45) is 0. The minimum atomic E-state index is -0.350. The zero-order chi connectivity index (χ0) is 19.2. The molecule has 0 aliphatic rings. The van der Waals surface area contributed by atoms with Gasteiger partial charge in [0, 0.05) is 21.9 Å². The minimum absolute atomic E-state index is 0.133. The molecule has 2 N–H and O–H groups in total. The summed E-state index contributed by atoms with van der Waals surface area (Å²) in [5.74, 6) is 0.701. The number of anilines is 1. The molecule has 0 aliphatic heterocycles. The van der Waals surface area contributed by atoms with Gasteiger partial charge < -0.3 is 20.1 Å². The Labute approximate surface area is 164 Å². The van der Waals surface area contributed by atoms with E-state index in [0.717, 1.165) is 5.56 Å². The fourth-order valence-corrected chi connectivity index (χ4v) is 3.65. The SMILES string of the molecule is COc1ccc(OC)c(-c2csc(NC(=O)CNC(=O)c3ccsc3)n2)c1. The van der Waals surface area contributed by atoms with E-state index in [9.17, 15) is 9.59 Å². The van der Waals surface area contributed by atoms with E-state index >= 15 is 0 Å². The van der Waals surface area contributed by atoms with Crippen LogP contribution in [-0.4, -0.2) is 37.6 Å². The van der Waals surface area contributed by atoms with Gasteiger partial charge in [0.1, 0.15) is 11.5 Å². The van der Waals surface area contributed by atoms with Crippen LogP contribution in [0, 0.1) is 0 Å². The van der Waals surface area contributed by atoms with Crippen LogP contribution in [-0.2, 0) is 4.79 Å². The third-order valence-electron chi connectivity index (χ3n) is 3.63. The number of benzene rings is 1. The topological polar surface area (TPSA) is 89.5 Å². The average Bonchev–Trinajstić information content (AvgIpc) is 3.37. The van der Waals surface area contributed by atoms with Gasteiger partial charge in [-0.2, -0.15) is 11.3 Å². The summed E-state index contributed by atoms with van der Waals surface area (Å²) in [5, 5.41) is 11.0. The zero-order valence-corrected chi connectivity index (χ0v) is 16.3. The number of hydrogen-bond acceptors (Lipinski definition) is 7. The summed E-state index contributed by atoms with van der Waals surface area (Å²) in [4.78, 5) is 28.3. The molecule has 3 aromatic rings. The van der Waals surface area contributed by atoms with Crippen LogP contribution in [0.2, 0.25) is 0 Å². The molecule has 0 atom stereocenters. The lowest BCUT2D eigenvalue weighted by Gasteiger charge is -2.08. The van der Waals surface area contributed by atoms with Crippen molar-refractivity contribution in [2.45, 2.75) is 0 Å². The quantitative estimate of drug-likeness (QED) is 0.632. The molecule has 0 fully saturated rings. The Morgan fingerprint density at radius 1 is 1.15 bits per heavy atom. The van der Waals surface area contributed by atoms with Crippen molar-refractivity contribution in [3.05, 3.63) is 46.0 Å². The molecular formula is C18H17N3O4S2. The van der Waals surface area contributed by atoms with E-state index in [2.05, 4.69) is 15.6 Å². The normalized spacial score (nSPS) is 10.3.